The Morgan fingerprint density at radius 1 is 1.29 bits per heavy atom. The van der Waals surface area contributed by atoms with E-state index < -0.39 is 5.82 Å². The largest absolute Gasteiger partial charge is 0.332 e. The molecule has 0 aliphatic carbocycles. The SMILES string of the molecule is CCC(C)N(Cc1ccccc1)C(=O)c1ccncc1F. The van der Waals surface area contributed by atoms with Crippen LogP contribution in [0.25, 0.3) is 0 Å². The lowest BCUT2D eigenvalue weighted by molar-refractivity contribution is 0.0666. The van der Waals surface area contributed by atoms with Crippen LogP contribution in [0.2, 0.25) is 0 Å². The van der Waals surface area contributed by atoms with Crippen LogP contribution < -0.4 is 0 Å². The minimum absolute atomic E-state index is 0.0327. The maximum atomic E-state index is 13.8. The Bertz CT molecular complexity index is 601. The fraction of sp³-hybridized carbons (Fsp3) is 0.294. The zero-order chi connectivity index (χ0) is 15.2. The van der Waals surface area contributed by atoms with Gasteiger partial charge in [0.05, 0.1) is 11.8 Å². The van der Waals surface area contributed by atoms with Crippen molar-refractivity contribution in [3.63, 3.8) is 0 Å². The molecule has 0 N–H and O–H groups in total. The van der Waals surface area contributed by atoms with Gasteiger partial charge in [0.2, 0.25) is 0 Å². The second kappa shape index (κ2) is 6.97. The van der Waals surface area contributed by atoms with E-state index in [9.17, 15) is 9.18 Å². The van der Waals surface area contributed by atoms with E-state index in [1.54, 1.807) is 4.90 Å². The molecule has 0 radical (unpaired) electrons. The molecule has 0 aliphatic heterocycles. The smallest absolute Gasteiger partial charge is 0.257 e. The lowest BCUT2D eigenvalue weighted by Crippen LogP contribution is -2.38. The molecular formula is C17H19FN2O. The molecule has 0 fully saturated rings. The summed E-state index contributed by atoms with van der Waals surface area (Å²) in [7, 11) is 0. The lowest BCUT2D eigenvalue weighted by atomic mass is 10.1. The second-order valence-electron chi connectivity index (χ2n) is 5.03. The number of hydrogen-bond donors (Lipinski definition) is 0. The van der Waals surface area contributed by atoms with Crippen LogP contribution in [0.1, 0.15) is 36.2 Å². The van der Waals surface area contributed by atoms with Crippen molar-refractivity contribution in [2.24, 2.45) is 0 Å². The number of pyridine rings is 1. The van der Waals surface area contributed by atoms with Crippen LogP contribution in [0.4, 0.5) is 4.39 Å². The third-order valence-electron chi connectivity index (χ3n) is 3.58. The highest BCUT2D eigenvalue weighted by atomic mass is 19.1. The summed E-state index contributed by atoms with van der Waals surface area (Å²) in [5.74, 6) is -0.878. The molecule has 1 aromatic heterocycles. The highest BCUT2D eigenvalue weighted by molar-refractivity contribution is 5.94. The average molecular weight is 286 g/mol. The van der Waals surface area contributed by atoms with Crippen LogP contribution in [0.5, 0.6) is 0 Å². The van der Waals surface area contributed by atoms with E-state index in [-0.39, 0.29) is 17.5 Å². The number of hydrogen-bond acceptors (Lipinski definition) is 2. The van der Waals surface area contributed by atoms with Crippen molar-refractivity contribution < 1.29 is 9.18 Å². The molecule has 1 aromatic carbocycles. The number of carbonyl (C=O) groups is 1. The van der Waals surface area contributed by atoms with Gasteiger partial charge < -0.3 is 4.90 Å². The predicted molar refractivity (Wildman–Crippen MR) is 80.3 cm³/mol. The number of nitrogens with zero attached hydrogens (tertiary/aromatic N) is 2. The minimum atomic E-state index is -0.580. The number of amides is 1. The zero-order valence-electron chi connectivity index (χ0n) is 12.3. The summed E-state index contributed by atoms with van der Waals surface area (Å²) >= 11 is 0. The summed E-state index contributed by atoms with van der Waals surface area (Å²) in [6.07, 6.45) is 3.32. The molecule has 2 rings (SSSR count). The van der Waals surface area contributed by atoms with Gasteiger partial charge in [0.1, 0.15) is 0 Å². The summed E-state index contributed by atoms with van der Waals surface area (Å²) in [6.45, 7) is 4.45. The molecule has 1 atom stereocenters. The summed E-state index contributed by atoms with van der Waals surface area (Å²) < 4.78 is 13.8. The highest BCUT2D eigenvalue weighted by Crippen LogP contribution is 2.16. The molecule has 2 aromatic rings. The maximum Gasteiger partial charge on any atom is 0.257 e. The monoisotopic (exact) mass is 286 g/mol. The Balaban J connectivity index is 2.28. The summed E-state index contributed by atoms with van der Waals surface area (Å²) in [4.78, 5) is 18.0. The molecule has 0 saturated carbocycles. The Labute approximate surface area is 124 Å². The predicted octanol–water partition coefficient (Wildman–Crippen LogP) is 3.66. The van der Waals surface area contributed by atoms with Crippen molar-refractivity contribution in [3.05, 3.63) is 65.7 Å². The Morgan fingerprint density at radius 2 is 2.00 bits per heavy atom. The molecule has 0 saturated heterocycles. The Morgan fingerprint density at radius 3 is 2.62 bits per heavy atom. The van der Waals surface area contributed by atoms with Gasteiger partial charge in [-0.3, -0.25) is 9.78 Å². The van der Waals surface area contributed by atoms with Gasteiger partial charge in [-0.1, -0.05) is 37.3 Å². The topological polar surface area (TPSA) is 33.2 Å². The quantitative estimate of drug-likeness (QED) is 0.840. The van der Waals surface area contributed by atoms with E-state index >= 15 is 0 Å². The number of rotatable bonds is 5. The minimum Gasteiger partial charge on any atom is -0.332 e. The standard InChI is InChI=1S/C17H19FN2O/c1-3-13(2)20(12-14-7-5-4-6-8-14)17(21)15-9-10-19-11-16(15)18/h4-11,13H,3,12H2,1-2H3. The molecule has 0 bridgehead atoms. The Hall–Kier alpha value is -2.23. The maximum absolute atomic E-state index is 13.8. The van der Waals surface area contributed by atoms with Crippen LogP contribution in [-0.4, -0.2) is 21.8 Å². The van der Waals surface area contributed by atoms with E-state index in [0.29, 0.717) is 6.54 Å². The first-order valence-corrected chi connectivity index (χ1v) is 7.08. The lowest BCUT2D eigenvalue weighted by Gasteiger charge is -2.29. The van der Waals surface area contributed by atoms with Crippen LogP contribution >= 0.6 is 0 Å². The summed E-state index contributed by atoms with van der Waals surface area (Å²) in [5, 5.41) is 0. The van der Waals surface area contributed by atoms with Gasteiger partial charge >= 0.3 is 0 Å². The normalized spacial score (nSPS) is 12.0. The molecular weight excluding hydrogens is 267 g/mol. The highest BCUT2D eigenvalue weighted by Gasteiger charge is 2.23. The molecule has 4 heteroatoms. The first kappa shape index (κ1) is 15.2. The van der Waals surface area contributed by atoms with Crippen molar-refractivity contribution in [2.45, 2.75) is 32.9 Å². The average Bonchev–Trinajstić information content (AvgIpc) is 2.53. The van der Waals surface area contributed by atoms with Crippen molar-refractivity contribution >= 4 is 5.91 Å². The van der Waals surface area contributed by atoms with Crippen molar-refractivity contribution in [3.8, 4) is 0 Å². The van der Waals surface area contributed by atoms with Crippen LogP contribution in [0.15, 0.2) is 48.8 Å². The molecule has 3 nitrogen and oxygen atoms in total. The molecule has 1 heterocycles. The van der Waals surface area contributed by atoms with Crippen LogP contribution in [0.3, 0.4) is 0 Å². The number of carbonyl (C=O) groups excluding carboxylic acids is 1. The van der Waals surface area contributed by atoms with E-state index in [4.69, 9.17) is 0 Å². The number of benzene rings is 1. The van der Waals surface area contributed by atoms with Crippen molar-refractivity contribution in [1.29, 1.82) is 0 Å². The van der Waals surface area contributed by atoms with E-state index in [1.165, 1.54) is 12.3 Å². The summed E-state index contributed by atoms with van der Waals surface area (Å²) in [6, 6.07) is 11.2. The van der Waals surface area contributed by atoms with E-state index in [0.717, 1.165) is 18.2 Å². The van der Waals surface area contributed by atoms with Gasteiger partial charge in [0, 0.05) is 18.8 Å². The van der Waals surface area contributed by atoms with Gasteiger partial charge in [-0.25, -0.2) is 4.39 Å². The Kier molecular flexibility index (Phi) is 5.04. The van der Waals surface area contributed by atoms with Gasteiger partial charge in [0.15, 0.2) is 5.82 Å². The summed E-state index contributed by atoms with van der Waals surface area (Å²) in [5.41, 5.74) is 1.10. The molecule has 110 valence electrons. The van der Waals surface area contributed by atoms with Gasteiger partial charge in [0.25, 0.3) is 5.91 Å². The molecule has 21 heavy (non-hydrogen) atoms. The second-order valence-corrected chi connectivity index (χ2v) is 5.03. The zero-order valence-corrected chi connectivity index (χ0v) is 12.3. The van der Waals surface area contributed by atoms with Crippen LogP contribution in [-0.2, 0) is 6.54 Å². The van der Waals surface area contributed by atoms with E-state index in [2.05, 4.69) is 4.98 Å². The van der Waals surface area contributed by atoms with Crippen LogP contribution in [0, 0.1) is 5.82 Å². The number of halogens is 1. The molecule has 0 spiro atoms. The number of aromatic nitrogens is 1. The fourth-order valence-corrected chi connectivity index (χ4v) is 2.13. The third kappa shape index (κ3) is 3.66. The first-order valence-electron chi connectivity index (χ1n) is 7.08. The van der Waals surface area contributed by atoms with E-state index in [1.807, 2.05) is 44.2 Å². The molecule has 0 aliphatic rings. The third-order valence-corrected chi connectivity index (χ3v) is 3.58. The van der Waals surface area contributed by atoms with Gasteiger partial charge in [-0.05, 0) is 25.0 Å². The van der Waals surface area contributed by atoms with Crippen molar-refractivity contribution in [1.82, 2.24) is 9.88 Å². The van der Waals surface area contributed by atoms with Crippen molar-refractivity contribution in [2.75, 3.05) is 0 Å². The first-order chi connectivity index (χ1) is 10.1. The van der Waals surface area contributed by atoms with Gasteiger partial charge in [-0.15, -0.1) is 0 Å². The molecule has 1 amide bonds. The fourth-order valence-electron chi connectivity index (χ4n) is 2.13. The molecule has 1 unspecified atom stereocenters. The van der Waals surface area contributed by atoms with Gasteiger partial charge in [-0.2, -0.15) is 0 Å².